The molecule has 2 aromatic carbocycles. The molecular formula is C53H71N7O13S2. The molecule has 75 heavy (non-hydrogen) atoms. The lowest BCUT2D eigenvalue weighted by molar-refractivity contribution is -0.164. The predicted molar refractivity (Wildman–Crippen MR) is 281 cm³/mol. The minimum absolute atomic E-state index is 0.0389. The lowest BCUT2D eigenvalue weighted by atomic mass is 9.79. The topological polar surface area (TPSA) is 270 Å². The van der Waals surface area contributed by atoms with Gasteiger partial charge >= 0.3 is 11.9 Å². The summed E-state index contributed by atoms with van der Waals surface area (Å²) in [7, 11) is -0.861. The molecule has 3 fully saturated rings. The number of likely N-dealkylation sites (tertiary alicyclic amines) is 2. The van der Waals surface area contributed by atoms with Gasteiger partial charge in [-0.05, 0) is 98.9 Å². The zero-order chi connectivity index (χ0) is 54.4. The molecule has 4 aliphatic heterocycles. The molecule has 3 aromatic rings. The first-order valence-electron chi connectivity index (χ1n) is 25.5. The molecule has 2 amide bonds. The zero-order valence-electron chi connectivity index (χ0n) is 43.7. The number of rotatable bonds is 25. The molecule has 22 heteroatoms. The largest absolute Gasteiger partial charge is 0.493 e. The zero-order valence-corrected chi connectivity index (χ0v) is 45.3. The van der Waals surface area contributed by atoms with Crippen molar-refractivity contribution < 1.29 is 61.6 Å². The van der Waals surface area contributed by atoms with Gasteiger partial charge in [0.1, 0.15) is 36.0 Å². The van der Waals surface area contributed by atoms with Crippen LogP contribution in [0.25, 0.3) is 0 Å². The Kier molecular flexibility index (Phi) is 18.6. The summed E-state index contributed by atoms with van der Waals surface area (Å²) in [5.74, 6) is -2.06. The van der Waals surface area contributed by atoms with Crippen LogP contribution in [0, 0.1) is 17.3 Å². The second kappa shape index (κ2) is 24.5. The van der Waals surface area contributed by atoms with E-state index in [1.807, 2.05) is 68.4 Å². The van der Waals surface area contributed by atoms with Crippen molar-refractivity contribution in [2.24, 2.45) is 22.4 Å². The maximum atomic E-state index is 14.1. The van der Waals surface area contributed by atoms with Crippen LogP contribution >= 0.6 is 11.8 Å². The van der Waals surface area contributed by atoms with Gasteiger partial charge in [-0.1, -0.05) is 52.0 Å². The third kappa shape index (κ3) is 13.4. The van der Waals surface area contributed by atoms with Crippen molar-refractivity contribution >= 4 is 57.3 Å². The van der Waals surface area contributed by atoms with Crippen LogP contribution in [0.3, 0.4) is 0 Å². The number of amides is 2. The van der Waals surface area contributed by atoms with Gasteiger partial charge in [-0.2, -0.15) is 8.42 Å². The molecule has 7 rings (SSSR count). The number of nitrogens with two attached hydrogens (primary N) is 1. The van der Waals surface area contributed by atoms with E-state index in [0.29, 0.717) is 98.1 Å². The fourth-order valence-electron chi connectivity index (χ4n) is 10.4. The number of hydrogen-bond acceptors (Lipinski definition) is 16. The number of carboxylic acid groups (broad SMARTS) is 1. The number of Topliss-reactive ketones (excluding diaryl/α,β-unsaturated/α-hetero) is 1. The molecule has 0 saturated carbocycles. The van der Waals surface area contributed by atoms with E-state index in [-0.39, 0.29) is 42.6 Å². The molecule has 0 radical (unpaired) electrons. The number of aryl methyl sites for hydroxylation is 1. The van der Waals surface area contributed by atoms with Crippen LogP contribution in [0.15, 0.2) is 71.4 Å². The van der Waals surface area contributed by atoms with Gasteiger partial charge in [-0.25, -0.2) is 24.4 Å². The van der Waals surface area contributed by atoms with Crippen molar-refractivity contribution in [2.75, 3.05) is 52.3 Å². The fourth-order valence-corrected chi connectivity index (χ4v) is 12.4. The number of pyridine rings is 1. The molecule has 20 nitrogen and oxygen atoms in total. The number of carbonyl (C=O) groups is 5. The van der Waals surface area contributed by atoms with Gasteiger partial charge in [-0.15, -0.1) is 11.8 Å². The van der Waals surface area contributed by atoms with Gasteiger partial charge in [0.05, 0.1) is 38.8 Å². The second-order valence-electron chi connectivity index (χ2n) is 20.4. The number of hydrogen-bond donors (Lipinski definition) is 5. The highest BCUT2D eigenvalue weighted by Crippen LogP contribution is 2.52. The summed E-state index contributed by atoms with van der Waals surface area (Å²) >= 11 is 1.39. The molecule has 1 aromatic heterocycles. The molecule has 4 aliphatic rings. The monoisotopic (exact) mass is 1080 g/mol. The number of nitrogens with one attached hydrogen (secondary N) is 2. The molecule has 408 valence electrons. The highest BCUT2D eigenvalue weighted by Gasteiger charge is 2.60. The Morgan fingerprint density at radius 1 is 1.03 bits per heavy atom. The third-order valence-electron chi connectivity index (χ3n) is 14.9. The highest BCUT2D eigenvalue weighted by molar-refractivity contribution is 8.03. The van der Waals surface area contributed by atoms with Crippen LogP contribution in [0.2, 0.25) is 0 Å². The van der Waals surface area contributed by atoms with Crippen molar-refractivity contribution in [1.82, 2.24) is 24.4 Å². The van der Waals surface area contributed by atoms with Crippen LogP contribution in [0.1, 0.15) is 95.9 Å². The number of β-lactam (4-membered cyclic amide) rings is 1. The van der Waals surface area contributed by atoms with E-state index in [4.69, 9.17) is 24.1 Å². The molecule has 5 heterocycles. The first-order valence-corrected chi connectivity index (χ1v) is 27.9. The van der Waals surface area contributed by atoms with Crippen molar-refractivity contribution in [3.8, 4) is 17.2 Å². The number of anilines is 1. The van der Waals surface area contributed by atoms with Gasteiger partial charge in [-0.3, -0.25) is 19.3 Å². The predicted octanol–water partition coefficient (Wildman–Crippen LogP) is 4.82. The normalized spacial score (nSPS) is 22.8. The smallest absolute Gasteiger partial charge is 0.353 e. The van der Waals surface area contributed by atoms with Gasteiger partial charge in [0.15, 0.2) is 11.5 Å². The van der Waals surface area contributed by atoms with Crippen LogP contribution in [-0.2, 0) is 51.9 Å². The number of benzene rings is 2. The summed E-state index contributed by atoms with van der Waals surface area (Å²) in [6.07, 6.45) is 3.74. The van der Waals surface area contributed by atoms with Gasteiger partial charge < -0.3 is 44.3 Å². The number of piperidine rings is 1. The van der Waals surface area contributed by atoms with Crippen LogP contribution in [-0.4, -0.2) is 144 Å². The van der Waals surface area contributed by atoms with E-state index in [1.54, 1.807) is 34.3 Å². The number of methoxy groups -OCH3 is 2. The highest BCUT2D eigenvalue weighted by atomic mass is 32.2. The standard InChI is InChI=1S/C53H71N7O13S2/c1-8-53(4,5)48(62)50(64)59-22-10-9-14-39(59)52(67)73-40(18-15-33-16-19-41(70-6)42(24-33)71-7)35-12-11-13-37(25-35)72-23-21-55-43-20-17-34(27-56-43)29-58-30-38(26-36(58)28-57-75(54,68)69)74-47-31(2)45-44(32(3)61)49(63)60(45)46(47)51(65)66/h11-13,16-17,19-20,24-25,27,31-32,36,38-40,44-45,57,61H,8-10,14-15,18,21-23,26,28-30H2,1-7H3,(H,55,56)(H,65,66)(H2,54,68,69)/t31-,32-,36+,38+,39-,40-,44-,45-/m1/s1. The van der Waals surface area contributed by atoms with E-state index in [0.717, 1.165) is 11.1 Å². The maximum absolute atomic E-state index is 14.1. The number of carbonyl (C=O) groups excluding carboxylic acids is 4. The molecule has 0 spiro atoms. The number of aliphatic hydroxyl groups is 1. The average Bonchev–Trinajstić information content (AvgIpc) is 3.90. The number of nitrogens with zero attached hydrogens (tertiary/aromatic N) is 4. The summed E-state index contributed by atoms with van der Waals surface area (Å²) < 4.78 is 49.7. The number of ether oxygens (including phenoxy) is 4. The van der Waals surface area contributed by atoms with Crippen molar-refractivity contribution in [3.63, 3.8) is 0 Å². The Bertz CT molecular complexity index is 2720. The Hall–Kier alpha value is -5.78. The molecular weight excluding hydrogens is 1010 g/mol. The first-order chi connectivity index (χ1) is 35.6. The van der Waals surface area contributed by atoms with Gasteiger partial charge in [0.2, 0.25) is 11.7 Å². The lowest BCUT2D eigenvalue weighted by Gasteiger charge is -2.46. The number of fused-ring (bicyclic) bond motifs is 1. The minimum atomic E-state index is -3.99. The number of esters is 1. The summed E-state index contributed by atoms with van der Waals surface area (Å²) in [4.78, 5) is 76.4. The van der Waals surface area contributed by atoms with E-state index in [1.165, 1.54) is 28.5 Å². The average molecular weight is 1080 g/mol. The fraction of sp³-hybridized carbons (Fsp3) is 0.547. The Balaban J connectivity index is 0.979. The van der Waals surface area contributed by atoms with Gasteiger partial charge in [0.25, 0.3) is 16.1 Å². The van der Waals surface area contributed by atoms with Crippen molar-refractivity contribution in [3.05, 3.63) is 88.1 Å². The summed E-state index contributed by atoms with van der Waals surface area (Å²) in [5, 5.41) is 28.9. The summed E-state index contributed by atoms with van der Waals surface area (Å²) in [6, 6.07) is 15.1. The van der Waals surface area contributed by atoms with E-state index in [2.05, 4.69) is 19.9 Å². The van der Waals surface area contributed by atoms with Crippen molar-refractivity contribution in [2.45, 2.75) is 122 Å². The number of aliphatic carboxylic acids is 1. The number of ketones is 1. The quantitative estimate of drug-likeness (QED) is 0.0330. The second-order valence-corrected chi connectivity index (χ2v) is 23.1. The van der Waals surface area contributed by atoms with Crippen LogP contribution in [0.4, 0.5) is 5.82 Å². The molecule has 0 bridgehead atoms. The number of carboxylic acids is 1. The first kappa shape index (κ1) is 56.9. The molecule has 3 saturated heterocycles. The lowest BCUT2D eigenvalue weighted by Crippen LogP contribution is -2.63. The van der Waals surface area contributed by atoms with Gasteiger partial charge in [0, 0.05) is 59.9 Å². The maximum Gasteiger partial charge on any atom is 0.353 e. The Labute approximate surface area is 443 Å². The van der Waals surface area contributed by atoms with E-state index >= 15 is 0 Å². The number of thioether (sulfide) groups is 1. The Morgan fingerprint density at radius 3 is 2.44 bits per heavy atom. The summed E-state index contributed by atoms with van der Waals surface area (Å²) in [5.41, 5.74) is 1.55. The Morgan fingerprint density at radius 2 is 1.77 bits per heavy atom. The van der Waals surface area contributed by atoms with Crippen LogP contribution in [0.5, 0.6) is 17.2 Å². The van der Waals surface area contributed by atoms with Crippen molar-refractivity contribution in [1.29, 1.82) is 0 Å². The number of aliphatic hydroxyl groups excluding tert-OH is 1. The number of aromatic nitrogens is 1. The minimum Gasteiger partial charge on any atom is -0.493 e. The molecule has 6 N–H and O–H groups in total. The molecule has 0 unspecified atom stereocenters. The molecule has 0 aliphatic carbocycles. The third-order valence-corrected chi connectivity index (χ3v) is 16.9. The van der Waals surface area contributed by atoms with E-state index in [9.17, 15) is 42.6 Å². The molecule has 8 atom stereocenters. The van der Waals surface area contributed by atoms with E-state index < -0.39 is 75.4 Å². The van der Waals surface area contributed by atoms with Crippen LogP contribution < -0.4 is 29.4 Å². The summed E-state index contributed by atoms with van der Waals surface area (Å²) in [6.45, 7) is 10.6. The SMILES string of the molecule is CCC(C)(C)C(=O)C(=O)N1CCCC[C@@H]1C(=O)O[C@H](CCc1ccc(OC)c(OC)c1)c1cccc(OCCNc2ccc(CN3C[C@@H](SC4=C(C(=O)O)N5C(=O)[C@H]([C@@H](C)O)[C@H]5[C@H]4C)C[C@H]3CNS(N)(=O)=O)cn2)c1.